The van der Waals surface area contributed by atoms with Crippen LogP contribution in [0.25, 0.3) is 22.8 Å². The van der Waals surface area contributed by atoms with Crippen LogP contribution in [0.15, 0.2) is 108 Å². The molecule has 0 radical (unpaired) electrons. The van der Waals surface area contributed by atoms with Gasteiger partial charge in [0.1, 0.15) is 11.5 Å². The third kappa shape index (κ3) is 5.66. The van der Waals surface area contributed by atoms with Gasteiger partial charge < -0.3 is 19.2 Å². The quantitative estimate of drug-likeness (QED) is 0.228. The average molecular weight is 511 g/mol. The highest BCUT2D eigenvalue weighted by Crippen LogP contribution is 2.34. The molecule has 1 heterocycles. The van der Waals surface area contributed by atoms with E-state index in [1.54, 1.807) is 42.6 Å². The van der Waals surface area contributed by atoms with Crippen molar-refractivity contribution in [1.82, 2.24) is 4.98 Å². The number of carbonyl (C=O) groups is 1. The minimum atomic E-state index is -0.350. The Morgan fingerprint density at radius 3 is 2.46 bits per heavy atom. The van der Waals surface area contributed by atoms with Crippen LogP contribution in [0.3, 0.4) is 0 Å². The highest BCUT2D eigenvalue weighted by atomic mass is 35.5. The fraction of sp³-hybridized carbons (Fsp3) is 0.0667. The first-order chi connectivity index (χ1) is 18.1. The van der Waals surface area contributed by atoms with Gasteiger partial charge >= 0.3 is 0 Å². The van der Waals surface area contributed by atoms with E-state index in [1.807, 2.05) is 67.6 Å². The Bertz CT molecular complexity index is 1510. The molecule has 4 aromatic carbocycles. The molecule has 0 spiro atoms. The normalized spacial score (nSPS) is 10.6. The van der Waals surface area contributed by atoms with Crippen LogP contribution in [0.2, 0.25) is 5.02 Å². The number of rotatable bonds is 8. The molecule has 0 aliphatic carbocycles. The summed E-state index contributed by atoms with van der Waals surface area (Å²) >= 11 is 6.22. The van der Waals surface area contributed by atoms with Crippen LogP contribution >= 0.6 is 11.6 Å². The SMILES string of the molecule is CCOc1ccc(-c2cnc(-c3ccccc3C(=O)Nc3cc(Cl)ccc3Oc3ccccc3)o2)cc1. The number of ether oxygens (including phenoxy) is 2. The molecule has 1 N–H and O–H groups in total. The number of hydrogen-bond donors (Lipinski definition) is 1. The number of para-hydroxylation sites is 1. The van der Waals surface area contributed by atoms with Gasteiger partial charge in [-0.15, -0.1) is 0 Å². The van der Waals surface area contributed by atoms with Gasteiger partial charge in [-0.1, -0.05) is 41.9 Å². The molecular formula is C30H23ClN2O4. The first-order valence-electron chi connectivity index (χ1n) is 11.7. The van der Waals surface area contributed by atoms with E-state index in [4.69, 9.17) is 25.5 Å². The van der Waals surface area contributed by atoms with Gasteiger partial charge in [0.15, 0.2) is 11.5 Å². The smallest absolute Gasteiger partial charge is 0.256 e. The molecule has 0 saturated heterocycles. The van der Waals surface area contributed by atoms with Gasteiger partial charge in [-0.2, -0.15) is 0 Å². The van der Waals surface area contributed by atoms with Gasteiger partial charge in [0.2, 0.25) is 5.89 Å². The van der Waals surface area contributed by atoms with Gasteiger partial charge in [0.25, 0.3) is 5.91 Å². The standard InChI is InChI=1S/C30H23ClN2O4/c1-2-35-22-15-12-20(13-16-22)28-19-32-30(37-28)25-11-7-6-10-24(25)29(34)33-26-18-21(31)14-17-27(26)36-23-8-4-3-5-9-23/h3-19H,2H2,1H3,(H,33,34). The van der Waals surface area contributed by atoms with Crippen molar-refractivity contribution in [1.29, 1.82) is 0 Å². The number of carbonyl (C=O) groups excluding carboxylic acids is 1. The highest BCUT2D eigenvalue weighted by Gasteiger charge is 2.19. The summed E-state index contributed by atoms with van der Waals surface area (Å²) in [4.78, 5) is 17.8. The molecule has 5 rings (SSSR count). The van der Waals surface area contributed by atoms with E-state index in [2.05, 4.69) is 10.3 Å². The highest BCUT2D eigenvalue weighted by molar-refractivity contribution is 6.31. The Hall–Kier alpha value is -4.55. The molecule has 0 atom stereocenters. The van der Waals surface area contributed by atoms with E-state index in [1.165, 1.54) is 0 Å². The monoisotopic (exact) mass is 510 g/mol. The molecular weight excluding hydrogens is 488 g/mol. The Kier molecular flexibility index (Phi) is 7.19. The lowest BCUT2D eigenvalue weighted by molar-refractivity contribution is 0.102. The maximum atomic E-state index is 13.4. The number of nitrogens with zero attached hydrogens (tertiary/aromatic N) is 1. The molecule has 1 amide bonds. The summed E-state index contributed by atoms with van der Waals surface area (Å²) in [5.74, 6) is 2.46. The summed E-state index contributed by atoms with van der Waals surface area (Å²) < 4.78 is 17.5. The predicted molar refractivity (Wildman–Crippen MR) is 144 cm³/mol. The molecule has 5 aromatic rings. The Balaban J connectivity index is 1.41. The van der Waals surface area contributed by atoms with Crippen molar-refractivity contribution in [2.75, 3.05) is 11.9 Å². The predicted octanol–water partition coefficient (Wildman–Crippen LogP) is 8.11. The maximum Gasteiger partial charge on any atom is 0.256 e. The summed E-state index contributed by atoms with van der Waals surface area (Å²) in [5.41, 5.74) is 2.25. The van der Waals surface area contributed by atoms with E-state index < -0.39 is 0 Å². The first kappa shape index (κ1) is 24.2. The second-order valence-corrected chi connectivity index (χ2v) is 8.48. The van der Waals surface area contributed by atoms with Crippen LogP contribution in [-0.4, -0.2) is 17.5 Å². The fourth-order valence-corrected chi connectivity index (χ4v) is 3.95. The number of nitrogens with one attached hydrogen (secondary N) is 1. The summed E-state index contributed by atoms with van der Waals surface area (Å²) in [5, 5.41) is 3.39. The molecule has 37 heavy (non-hydrogen) atoms. The number of benzene rings is 4. The molecule has 0 aliphatic heterocycles. The van der Waals surface area contributed by atoms with Crippen molar-refractivity contribution in [3.05, 3.63) is 114 Å². The molecule has 0 bridgehead atoms. The number of hydrogen-bond acceptors (Lipinski definition) is 5. The van der Waals surface area contributed by atoms with E-state index in [9.17, 15) is 4.79 Å². The molecule has 7 heteroatoms. The zero-order valence-electron chi connectivity index (χ0n) is 20.0. The minimum Gasteiger partial charge on any atom is -0.494 e. The van der Waals surface area contributed by atoms with Gasteiger partial charge in [-0.05, 0) is 73.7 Å². The molecule has 0 unspecified atom stereocenters. The van der Waals surface area contributed by atoms with Crippen LogP contribution in [0.4, 0.5) is 5.69 Å². The van der Waals surface area contributed by atoms with E-state index in [0.29, 0.717) is 51.6 Å². The fourth-order valence-electron chi connectivity index (χ4n) is 3.78. The first-order valence-corrected chi connectivity index (χ1v) is 12.1. The number of oxazole rings is 1. The molecule has 0 fully saturated rings. The van der Waals surface area contributed by atoms with Crippen LogP contribution in [0.5, 0.6) is 17.2 Å². The number of amides is 1. The van der Waals surface area contributed by atoms with Crippen LogP contribution < -0.4 is 14.8 Å². The number of aromatic nitrogens is 1. The third-order valence-electron chi connectivity index (χ3n) is 5.52. The molecule has 184 valence electrons. The second kappa shape index (κ2) is 11.0. The Morgan fingerprint density at radius 2 is 1.68 bits per heavy atom. The van der Waals surface area contributed by atoms with Crippen molar-refractivity contribution in [3.8, 4) is 40.0 Å². The molecule has 0 aliphatic rings. The van der Waals surface area contributed by atoms with Crippen molar-refractivity contribution >= 4 is 23.2 Å². The summed E-state index contributed by atoms with van der Waals surface area (Å²) in [7, 11) is 0. The van der Waals surface area contributed by atoms with Gasteiger partial charge in [0, 0.05) is 16.1 Å². The van der Waals surface area contributed by atoms with Crippen LogP contribution in [-0.2, 0) is 0 Å². The van der Waals surface area contributed by atoms with Gasteiger partial charge in [-0.25, -0.2) is 4.98 Å². The number of anilines is 1. The topological polar surface area (TPSA) is 73.6 Å². The van der Waals surface area contributed by atoms with Crippen molar-refractivity contribution in [2.24, 2.45) is 0 Å². The van der Waals surface area contributed by atoms with Crippen molar-refractivity contribution < 1.29 is 18.7 Å². The Morgan fingerprint density at radius 1 is 0.919 bits per heavy atom. The zero-order chi connectivity index (χ0) is 25.6. The van der Waals surface area contributed by atoms with Gasteiger partial charge in [0.05, 0.1) is 24.1 Å². The largest absolute Gasteiger partial charge is 0.494 e. The average Bonchev–Trinajstić information content (AvgIpc) is 3.42. The third-order valence-corrected chi connectivity index (χ3v) is 5.75. The van der Waals surface area contributed by atoms with E-state index in [-0.39, 0.29) is 5.91 Å². The summed E-state index contributed by atoms with van der Waals surface area (Å²) in [6.07, 6.45) is 1.64. The summed E-state index contributed by atoms with van der Waals surface area (Å²) in [6, 6.07) is 29.1. The van der Waals surface area contributed by atoms with Crippen LogP contribution in [0, 0.1) is 0 Å². The lowest BCUT2D eigenvalue weighted by Gasteiger charge is -2.14. The summed E-state index contributed by atoms with van der Waals surface area (Å²) in [6.45, 7) is 2.54. The second-order valence-electron chi connectivity index (χ2n) is 8.04. The Labute approximate surface area is 219 Å². The number of halogens is 1. The molecule has 1 aromatic heterocycles. The lowest BCUT2D eigenvalue weighted by atomic mass is 10.1. The zero-order valence-corrected chi connectivity index (χ0v) is 20.7. The van der Waals surface area contributed by atoms with E-state index >= 15 is 0 Å². The molecule has 0 saturated carbocycles. The maximum absolute atomic E-state index is 13.4. The lowest BCUT2D eigenvalue weighted by Crippen LogP contribution is -2.14. The van der Waals surface area contributed by atoms with Crippen molar-refractivity contribution in [2.45, 2.75) is 6.92 Å². The van der Waals surface area contributed by atoms with Crippen molar-refractivity contribution in [3.63, 3.8) is 0 Å². The van der Waals surface area contributed by atoms with E-state index in [0.717, 1.165) is 11.3 Å². The van der Waals surface area contributed by atoms with Crippen LogP contribution in [0.1, 0.15) is 17.3 Å². The van der Waals surface area contributed by atoms with Gasteiger partial charge in [-0.3, -0.25) is 4.79 Å². The molecule has 6 nitrogen and oxygen atoms in total. The minimum absolute atomic E-state index is 0.335.